The van der Waals surface area contributed by atoms with Crippen LogP contribution in [-0.2, 0) is 15.1 Å². The molecule has 1 atom stereocenters. The maximum absolute atomic E-state index is 12.5. The van der Waals surface area contributed by atoms with E-state index in [0.717, 1.165) is 0 Å². The monoisotopic (exact) mass is 280 g/mol. The van der Waals surface area contributed by atoms with E-state index in [1.54, 1.807) is 17.8 Å². The predicted octanol–water partition coefficient (Wildman–Crippen LogP) is 2.66. The van der Waals surface area contributed by atoms with Crippen molar-refractivity contribution in [3.63, 3.8) is 0 Å². The number of ether oxygens (including phenoxy) is 1. The number of hydrogen-bond donors (Lipinski definition) is 0. The Morgan fingerprint density at radius 2 is 1.95 bits per heavy atom. The quantitative estimate of drug-likeness (QED) is 0.472. The highest BCUT2D eigenvalue weighted by Gasteiger charge is 2.33. The Labute approximate surface area is 120 Å². The minimum Gasteiger partial charge on any atom is -0.465 e. The second kappa shape index (κ2) is 6.20. The number of aromatic nitrogens is 2. The third kappa shape index (κ3) is 3.68. The Hall–Kier alpha value is -1.65. The molecule has 1 aromatic rings. The maximum Gasteiger partial charge on any atom is 0.317 e. The highest BCUT2D eigenvalue weighted by atomic mass is 16.5. The van der Waals surface area contributed by atoms with E-state index in [2.05, 4.69) is 5.10 Å². The lowest BCUT2D eigenvalue weighted by Crippen LogP contribution is -2.30. The van der Waals surface area contributed by atoms with Crippen LogP contribution in [0.3, 0.4) is 0 Å². The van der Waals surface area contributed by atoms with Gasteiger partial charge in [0.25, 0.3) is 0 Å². The number of carbonyl (C=O) groups excluding carboxylic acids is 2. The number of rotatable bonds is 5. The molecule has 0 spiro atoms. The van der Waals surface area contributed by atoms with Crippen LogP contribution in [0.25, 0.3) is 0 Å². The van der Waals surface area contributed by atoms with E-state index in [0.29, 0.717) is 5.56 Å². The zero-order chi connectivity index (χ0) is 15.5. The van der Waals surface area contributed by atoms with Gasteiger partial charge >= 0.3 is 5.97 Å². The van der Waals surface area contributed by atoms with Gasteiger partial charge in [-0.2, -0.15) is 5.10 Å². The summed E-state index contributed by atoms with van der Waals surface area (Å²) < 4.78 is 6.72. The molecule has 1 heterocycles. The summed E-state index contributed by atoms with van der Waals surface area (Å²) >= 11 is 0. The van der Waals surface area contributed by atoms with Gasteiger partial charge in [-0.25, -0.2) is 0 Å². The largest absolute Gasteiger partial charge is 0.465 e. The predicted molar refractivity (Wildman–Crippen MR) is 76.5 cm³/mol. The smallest absolute Gasteiger partial charge is 0.317 e. The van der Waals surface area contributed by atoms with Crippen LogP contribution in [0.1, 0.15) is 51.9 Å². The molecule has 0 N–H and O–H groups in total. The Morgan fingerprint density at radius 1 is 1.35 bits per heavy atom. The lowest BCUT2D eigenvalue weighted by Gasteiger charge is -2.19. The summed E-state index contributed by atoms with van der Waals surface area (Å²) in [7, 11) is 0. The number of nitrogens with zero attached hydrogens (tertiary/aromatic N) is 2. The minimum atomic E-state index is -0.771. The molecule has 112 valence electrons. The van der Waals surface area contributed by atoms with Crippen molar-refractivity contribution in [2.24, 2.45) is 11.8 Å². The van der Waals surface area contributed by atoms with Crippen LogP contribution in [0.2, 0.25) is 0 Å². The highest BCUT2D eigenvalue weighted by Crippen LogP contribution is 2.21. The summed E-state index contributed by atoms with van der Waals surface area (Å²) in [5, 5.41) is 4.20. The van der Waals surface area contributed by atoms with E-state index in [9.17, 15) is 9.59 Å². The third-order valence-corrected chi connectivity index (χ3v) is 3.04. The van der Waals surface area contributed by atoms with Crippen LogP contribution in [0.15, 0.2) is 12.4 Å². The third-order valence-electron chi connectivity index (χ3n) is 3.04. The second-order valence-electron chi connectivity index (χ2n) is 6.18. The van der Waals surface area contributed by atoms with Crippen molar-refractivity contribution in [2.75, 3.05) is 6.61 Å². The molecule has 0 fully saturated rings. The Balaban J connectivity index is 3.01. The Bertz CT molecular complexity index is 484. The van der Waals surface area contributed by atoms with Crippen molar-refractivity contribution >= 4 is 11.8 Å². The minimum absolute atomic E-state index is 0.112. The van der Waals surface area contributed by atoms with Crippen LogP contribution in [0.4, 0.5) is 0 Å². The fourth-order valence-electron chi connectivity index (χ4n) is 1.91. The van der Waals surface area contributed by atoms with Crippen molar-refractivity contribution in [1.29, 1.82) is 0 Å². The first-order valence-electron chi connectivity index (χ1n) is 6.94. The van der Waals surface area contributed by atoms with Crippen molar-refractivity contribution in [2.45, 2.75) is 47.1 Å². The molecule has 0 bridgehead atoms. The van der Waals surface area contributed by atoms with Gasteiger partial charge in [-0.15, -0.1) is 0 Å². The molecule has 0 amide bonds. The van der Waals surface area contributed by atoms with Gasteiger partial charge in [0.2, 0.25) is 0 Å². The summed E-state index contributed by atoms with van der Waals surface area (Å²) in [6.45, 7) is 11.7. The van der Waals surface area contributed by atoms with Crippen LogP contribution >= 0.6 is 0 Å². The van der Waals surface area contributed by atoms with Gasteiger partial charge in [0.1, 0.15) is 5.92 Å². The zero-order valence-corrected chi connectivity index (χ0v) is 13.1. The average Bonchev–Trinajstić information content (AvgIpc) is 2.77. The molecule has 1 rings (SSSR count). The Morgan fingerprint density at radius 3 is 2.35 bits per heavy atom. The average molecular weight is 280 g/mol. The van der Waals surface area contributed by atoms with Crippen LogP contribution < -0.4 is 0 Å². The van der Waals surface area contributed by atoms with Crippen molar-refractivity contribution in [3.8, 4) is 0 Å². The first kappa shape index (κ1) is 16.4. The van der Waals surface area contributed by atoms with E-state index >= 15 is 0 Å². The molecular weight excluding hydrogens is 256 g/mol. The molecular formula is C15H24N2O3. The van der Waals surface area contributed by atoms with Crippen molar-refractivity contribution in [1.82, 2.24) is 9.78 Å². The molecule has 0 saturated heterocycles. The number of carbonyl (C=O) groups is 2. The van der Waals surface area contributed by atoms with E-state index in [4.69, 9.17) is 4.74 Å². The van der Waals surface area contributed by atoms with Crippen LogP contribution in [0, 0.1) is 11.8 Å². The second-order valence-corrected chi connectivity index (χ2v) is 6.18. The molecule has 0 radical (unpaired) electrons. The first-order valence-corrected chi connectivity index (χ1v) is 6.94. The van der Waals surface area contributed by atoms with Gasteiger partial charge in [0.05, 0.1) is 23.9 Å². The standard InChI is InChI=1S/C15H24N2O3/c1-7-20-14(19)12(10(2)3)13(18)11-8-16-17(9-11)15(4,5)6/h8-10,12H,7H2,1-6H3. The number of esters is 1. The maximum atomic E-state index is 12.5. The fraction of sp³-hybridized carbons (Fsp3) is 0.667. The van der Waals surface area contributed by atoms with Gasteiger partial charge < -0.3 is 4.74 Å². The van der Waals surface area contributed by atoms with E-state index in [1.807, 2.05) is 34.6 Å². The van der Waals surface area contributed by atoms with Crippen LogP contribution in [-0.4, -0.2) is 28.1 Å². The Kier molecular flexibility index (Phi) is 5.09. The SMILES string of the molecule is CCOC(=O)C(C(=O)c1cnn(C(C)(C)C)c1)C(C)C. The van der Waals surface area contributed by atoms with E-state index in [-0.39, 0.29) is 23.8 Å². The molecule has 0 aliphatic rings. The summed E-state index contributed by atoms with van der Waals surface area (Å²) in [6, 6.07) is 0. The summed E-state index contributed by atoms with van der Waals surface area (Å²) in [5.74, 6) is -1.57. The molecule has 1 unspecified atom stereocenters. The van der Waals surface area contributed by atoms with Crippen molar-refractivity contribution < 1.29 is 14.3 Å². The van der Waals surface area contributed by atoms with Crippen LogP contribution in [0.5, 0.6) is 0 Å². The molecule has 0 aliphatic heterocycles. The van der Waals surface area contributed by atoms with Gasteiger partial charge in [-0.1, -0.05) is 13.8 Å². The van der Waals surface area contributed by atoms with E-state index < -0.39 is 11.9 Å². The molecule has 0 aliphatic carbocycles. The van der Waals surface area contributed by atoms with E-state index in [1.165, 1.54) is 6.20 Å². The highest BCUT2D eigenvalue weighted by molar-refractivity contribution is 6.08. The number of Topliss-reactive ketones (excluding diaryl/α,β-unsaturated/α-hetero) is 1. The van der Waals surface area contributed by atoms with Gasteiger partial charge in [-0.05, 0) is 33.6 Å². The topological polar surface area (TPSA) is 61.2 Å². The fourth-order valence-corrected chi connectivity index (χ4v) is 1.91. The summed E-state index contributed by atoms with van der Waals surface area (Å²) in [5.41, 5.74) is 0.252. The van der Waals surface area contributed by atoms with Gasteiger partial charge in [0.15, 0.2) is 5.78 Å². The number of hydrogen-bond acceptors (Lipinski definition) is 4. The first-order chi connectivity index (χ1) is 9.18. The normalized spacial score (nSPS) is 13.3. The molecule has 0 aromatic carbocycles. The van der Waals surface area contributed by atoms with Crippen molar-refractivity contribution in [3.05, 3.63) is 18.0 Å². The lowest BCUT2D eigenvalue weighted by atomic mass is 9.89. The molecule has 5 nitrogen and oxygen atoms in total. The lowest BCUT2D eigenvalue weighted by molar-refractivity contribution is -0.147. The molecule has 1 aromatic heterocycles. The van der Waals surface area contributed by atoms with Gasteiger partial charge in [-0.3, -0.25) is 14.3 Å². The zero-order valence-electron chi connectivity index (χ0n) is 13.1. The summed E-state index contributed by atoms with van der Waals surface area (Å²) in [4.78, 5) is 24.4. The summed E-state index contributed by atoms with van der Waals surface area (Å²) in [6.07, 6.45) is 3.21. The van der Waals surface area contributed by atoms with Gasteiger partial charge in [0, 0.05) is 6.20 Å². The molecule has 0 saturated carbocycles. The number of ketones is 1. The molecule has 5 heteroatoms. The molecule has 20 heavy (non-hydrogen) atoms.